The molecule has 0 radical (unpaired) electrons. The summed E-state index contributed by atoms with van der Waals surface area (Å²) in [5, 5.41) is 20.1. The number of aliphatic hydroxyl groups is 1. The van der Waals surface area contributed by atoms with E-state index < -0.39 is 11.7 Å². The Balaban J connectivity index is 2.27. The number of hydrogen-bond donors (Lipinski definition) is 2. The van der Waals surface area contributed by atoms with Gasteiger partial charge in [0.15, 0.2) is 5.43 Å². The smallest absolute Gasteiger partial charge is 0.201 e. The molecule has 0 bridgehead atoms. The number of aryl methyl sites for hydroxylation is 1. The molecule has 3 rings (SSSR count). The molecule has 0 saturated heterocycles. The number of phenols is 1. The largest absolute Gasteiger partial charge is 0.508 e. The van der Waals surface area contributed by atoms with E-state index >= 15 is 0 Å². The fourth-order valence-corrected chi connectivity index (χ4v) is 2.66. The van der Waals surface area contributed by atoms with E-state index in [2.05, 4.69) is 0 Å². The molecular formula is C15H17NO4. The van der Waals surface area contributed by atoms with Crippen molar-refractivity contribution in [2.45, 2.75) is 32.0 Å². The molecule has 0 saturated carbocycles. The van der Waals surface area contributed by atoms with Crippen molar-refractivity contribution in [3.8, 4) is 11.6 Å². The molecular weight excluding hydrogens is 258 g/mol. The van der Waals surface area contributed by atoms with E-state index in [1.165, 1.54) is 12.1 Å². The number of rotatable bonds is 1. The number of nitrogens with zero attached hydrogens (tertiary/aromatic N) is 1. The van der Waals surface area contributed by atoms with Gasteiger partial charge < -0.3 is 19.5 Å². The number of benzene rings is 1. The Kier molecular flexibility index (Phi) is 2.59. The van der Waals surface area contributed by atoms with E-state index in [1.54, 1.807) is 24.5 Å². The van der Waals surface area contributed by atoms with Crippen molar-refractivity contribution in [1.82, 2.24) is 4.57 Å². The summed E-state index contributed by atoms with van der Waals surface area (Å²) >= 11 is 0. The van der Waals surface area contributed by atoms with Crippen molar-refractivity contribution in [2.75, 3.05) is 0 Å². The second kappa shape index (κ2) is 3.99. The molecule has 106 valence electrons. The lowest BCUT2D eigenvalue weighted by atomic mass is 9.97. The molecule has 0 spiro atoms. The van der Waals surface area contributed by atoms with E-state index in [-0.39, 0.29) is 11.2 Å². The minimum atomic E-state index is -1.02. The van der Waals surface area contributed by atoms with Gasteiger partial charge in [-0.25, -0.2) is 0 Å². The molecule has 1 aliphatic heterocycles. The quantitative estimate of drug-likeness (QED) is 0.823. The molecule has 1 atom stereocenters. The van der Waals surface area contributed by atoms with Crippen molar-refractivity contribution < 1.29 is 14.9 Å². The number of hydrogen-bond acceptors (Lipinski definition) is 4. The van der Waals surface area contributed by atoms with Gasteiger partial charge in [-0.2, -0.15) is 0 Å². The Morgan fingerprint density at radius 2 is 2.10 bits per heavy atom. The second-order valence-electron chi connectivity index (χ2n) is 5.84. The second-order valence-corrected chi connectivity index (χ2v) is 5.84. The van der Waals surface area contributed by atoms with Crippen molar-refractivity contribution in [2.24, 2.45) is 7.05 Å². The van der Waals surface area contributed by atoms with Crippen LogP contribution in [0.25, 0.3) is 10.9 Å². The Hall–Kier alpha value is -2.01. The fourth-order valence-electron chi connectivity index (χ4n) is 2.66. The zero-order valence-electron chi connectivity index (χ0n) is 11.7. The minimum Gasteiger partial charge on any atom is -0.508 e. The summed E-state index contributed by atoms with van der Waals surface area (Å²) in [6.07, 6.45) is -0.0706. The van der Waals surface area contributed by atoms with Crippen LogP contribution in [0.2, 0.25) is 0 Å². The van der Waals surface area contributed by atoms with Gasteiger partial charge in [0, 0.05) is 18.9 Å². The van der Waals surface area contributed by atoms with Gasteiger partial charge in [-0.15, -0.1) is 0 Å². The van der Waals surface area contributed by atoms with Gasteiger partial charge in [0.1, 0.15) is 11.9 Å². The first-order valence-electron chi connectivity index (χ1n) is 6.52. The number of ether oxygens (including phenoxy) is 1. The van der Waals surface area contributed by atoms with E-state index in [4.69, 9.17) is 4.74 Å². The Morgan fingerprint density at radius 3 is 2.75 bits per heavy atom. The van der Waals surface area contributed by atoms with Gasteiger partial charge in [0.25, 0.3) is 0 Å². The molecule has 2 N–H and O–H groups in total. The SMILES string of the molecule is Cn1c2c(c(=O)c3cc(O)ccc31)CC(C(C)(C)O)O2. The van der Waals surface area contributed by atoms with Gasteiger partial charge in [-0.3, -0.25) is 4.79 Å². The summed E-state index contributed by atoms with van der Waals surface area (Å²) in [7, 11) is 1.81. The number of aromatic hydroxyl groups is 1. The summed E-state index contributed by atoms with van der Waals surface area (Å²) in [6.45, 7) is 3.33. The number of fused-ring (bicyclic) bond motifs is 2. The maximum Gasteiger partial charge on any atom is 0.201 e. The maximum absolute atomic E-state index is 12.5. The van der Waals surface area contributed by atoms with Crippen LogP contribution in [0, 0.1) is 0 Å². The molecule has 20 heavy (non-hydrogen) atoms. The molecule has 1 unspecified atom stereocenters. The predicted molar refractivity (Wildman–Crippen MR) is 75.3 cm³/mol. The summed E-state index contributed by atoms with van der Waals surface area (Å²) in [4.78, 5) is 12.5. The molecule has 2 aromatic rings. The van der Waals surface area contributed by atoms with E-state index in [9.17, 15) is 15.0 Å². The molecule has 0 fully saturated rings. The normalized spacial score (nSPS) is 18.1. The highest BCUT2D eigenvalue weighted by molar-refractivity contribution is 5.82. The lowest BCUT2D eigenvalue weighted by molar-refractivity contribution is -0.0252. The van der Waals surface area contributed by atoms with Crippen molar-refractivity contribution in [3.05, 3.63) is 34.0 Å². The van der Waals surface area contributed by atoms with Gasteiger partial charge in [-0.05, 0) is 32.0 Å². The van der Waals surface area contributed by atoms with Crippen LogP contribution < -0.4 is 10.2 Å². The first kappa shape index (κ1) is 13.0. The van der Waals surface area contributed by atoms with Crippen LogP contribution in [0.5, 0.6) is 11.6 Å². The minimum absolute atomic E-state index is 0.0625. The molecule has 1 aromatic heterocycles. The van der Waals surface area contributed by atoms with Crippen molar-refractivity contribution >= 4 is 10.9 Å². The van der Waals surface area contributed by atoms with Crippen LogP contribution in [-0.4, -0.2) is 26.5 Å². The van der Waals surface area contributed by atoms with E-state index in [0.717, 1.165) is 0 Å². The molecule has 2 heterocycles. The highest BCUT2D eigenvalue weighted by atomic mass is 16.5. The third kappa shape index (κ3) is 1.78. The zero-order chi connectivity index (χ0) is 14.7. The van der Waals surface area contributed by atoms with Crippen LogP contribution in [0.15, 0.2) is 23.0 Å². The summed E-state index contributed by atoms with van der Waals surface area (Å²) in [5.74, 6) is 0.563. The maximum atomic E-state index is 12.5. The summed E-state index contributed by atoms with van der Waals surface area (Å²) < 4.78 is 7.56. The number of aromatic nitrogens is 1. The molecule has 1 aromatic carbocycles. The van der Waals surface area contributed by atoms with Crippen LogP contribution in [0.4, 0.5) is 0 Å². The highest BCUT2D eigenvalue weighted by Crippen LogP contribution is 2.33. The standard InChI is InChI=1S/C15H17NO4/c1-15(2,19)12-7-10-13(18)9-6-8(17)4-5-11(9)16(3)14(10)20-12/h4-6,12,17,19H,7H2,1-3H3. The van der Waals surface area contributed by atoms with Gasteiger partial charge in [-0.1, -0.05) is 0 Å². The molecule has 5 heteroatoms. The van der Waals surface area contributed by atoms with Crippen molar-refractivity contribution in [3.63, 3.8) is 0 Å². The average Bonchev–Trinajstić information content (AvgIpc) is 2.81. The van der Waals surface area contributed by atoms with E-state index in [0.29, 0.717) is 28.8 Å². The van der Waals surface area contributed by atoms with E-state index in [1.807, 2.05) is 7.05 Å². The van der Waals surface area contributed by atoms with Crippen LogP contribution in [-0.2, 0) is 13.5 Å². The Morgan fingerprint density at radius 1 is 1.40 bits per heavy atom. The molecule has 0 amide bonds. The lowest BCUT2D eigenvalue weighted by Gasteiger charge is -2.24. The van der Waals surface area contributed by atoms with Crippen LogP contribution >= 0.6 is 0 Å². The van der Waals surface area contributed by atoms with Gasteiger partial charge >= 0.3 is 0 Å². The monoisotopic (exact) mass is 275 g/mol. The number of pyridine rings is 1. The van der Waals surface area contributed by atoms with Gasteiger partial charge in [0.05, 0.1) is 16.7 Å². The van der Waals surface area contributed by atoms with Crippen LogP contribution in [0.1, 0.15) is 19.4 Å². The van der Waals surface area contributed by atoms with Crippen molar-refractivity contribution in [1.29, 1.82) is 0 Å². The van der Waals surface area contributed by atoms with Gasteiger partial charge in [0.2, 0.25) is 5.88 Å². The molecule has 1 aliphatic rings. The first-order valence-corrected chi connectivity index (χ1v) is 6.52. The lowest BCUT2D eigenvalue weighted by Crippen LogP contribution is -2.39. The Labute approximate surface area is 116 Å². The third-order valence-corrected chi connectivity index (χ3v) is 3.85. The molecule has 5 nitrogen and oxygen atoms in total. The topological polar surface area (TPSA) is 71.7 Å². The number of phenolic OH excluding ortho intramolecular Hbond substituents is 1. The fraction of sp³-hybridized carbons (Fsp3) is 0.400. The third-order valence-electron chi connectivity index (χ3n) is 3.85. The zero-order valence-corrected chi connectivity index (χ0v) is 11.7. The molecule has 0 aliphatic carbocycles. The highest BCUT2D eigenvalue weighted by Gasteiger charge is 2.37. The first-order chi connectivity index (χ1) is 9.29. The summed E-state index contributed by atoms with van der Waals surface area (Å²) in [5.41, 5.74) is 0.0867. The Bertz CT molecular complexity index is 755. The predicted octanol–water partition coefficient (Wildman–Crippen LogP) is 1.32. The average molecular weight is 275 g/mol. The van der Waals surface area contributed by atoms with Crippen LogP contribution in [0.3, 0.4) is 0 Å². The summed E-state index contributed by atoms with van der Waals surface area (Å²) in [6, 6.07) is 4.69.